The lowest BCUT2D eigenvalue weighted by Crippen LogP contribution is -2.44. The Morgan fingerprint density at radius 1 is 1.56 bits per heavy atom. The fraction of sp³-hybridized carbons (Fsp3) is 0.500. The second-order valence-electron chi connectivity index (χ2n) is 4.46. The van der Waals surface area contributed by atoms with Crippen LogP contribution in [0.4, 0.5) is 15.8 Å². The van der Waals surface area contributed by atoms with Gasteiger partial charge in [-0.25, -0.2) is 4.39 Å². The normalized spacial score (nSPS) is 19.9. The first kappa shape index (κ1) is 12.8. The van der Waals surface area contributed by atoms with E-state index in [1.54, 1.807) is 0 Å². The molecule has 6 heteroatoms. The van der Waals surface area contributed by atoms with Crippen LogP contribution in [0.2, 0.25) is 0 Å². The summed E-state index contributed by atoms with van der Waals surface area (Å²) in [5.74, 6) is -0.442. The molecule has 1 N–H and O–H groups in total. The molecule has 0 saturated carbocycles. The molecule has 0 aliphatic carbocycles. The third-order valence-electron chi connectivity index (χ3n) is 3.30. The molecule has 1 aromatic rings. The number of hydrogen-bond acceptors (Lipinski definition) is 4. The predicted molar refractivity (Wildman–Crippen MR) is 67.3 cm³/mol. The van der Waals surface area contributed by atoms with E-state index in [-0.39, 0.29) is 5.69 Å². The van der Waals surface area contributed by atoms with Gasteiger partial charge in [-0.05, 0) is 26.0 Å². The number of rotatable bonds is 3. The molecule has 1 saturated heterocycles. The number of likely N-dealkylation sites (N-methyl/N-ethyl adjacent to an activating group) is 1. The molecule has 5 nitrogen and oxygen atoms in total. The average Bonchev–Trinajstić information content (AvgIpc) is 2.38. The Morgan fingerprint density at radius 2 is 2.33 bits per heavy atom. The molecular weight excluding hydrogens is 237 g/mol. The van der Waals surface area contributed by atoms with Crippen molar-refractivity contribution >= 4 is 11.4 Å². The van der Waals surface area contributed by atoms with Crippen molar-refractivity contribution in [3.63, 3.8) is 0 Å². The van der Waals surface area contributed by atoms with Gasteiger partial charge in [0.05, 0.1) is 4.92 Å². The number of nitro groups is 1. The Kier molecular flexibility index (Phi) is 3.76. The molecular formula is C12H16FN3O2. The van der Waals surface area contributed by atoms with Crippen molar-refractivity contribution in [2.24, 2.45) is 0 Å². The molecule has 1 unspecified atom stereocenters. The first-order valence-electron chi connectivity index (χ1n) is 5.98. The molecule has 18 heavy (non-hydrogen) atoms. The van der Waals surface area contributed by atoms with Gasteiger partial charge in [0.15, 0.2) is 0 Å². The Hall–Kier alpha value is -1.69. The molecule has 1 aromatic carbocycles. The van der Waals surface area contributed by atoms with Gasteiger partial charge in [0, 0.05) is 31.3 Å². The van der Waals surface area contributed by atoms with E-state index in [4.69, 9.17) is 0 Å². The van der Waals surface area contributed by atoms with Crippen molar-refractivity contribution in [1.29, 1.82) is 0 Å². The second-order valence-corrected chi connectivity index (χ2v) is 4.46. The van der Waals surface area contributed by atoms with Crippen molar-refractivity contribution in [2.75, 3.05) is 25.0 Å². The van der Waals surface area contributed by atoms with Crippen LogP contribution < -0.4 is 10.2 Å². The third kappa shape index (κ3) is 2.59. The summed E-state index contributed by atoms with van der Waals surface area (Å²) in [5.41, 5.74) is 0.341. The van der Waals surface area contributed by atoms with Gasteiger partial charge in [-0.3, -0.25) is 10.1 Å². The van der Waals surface area contributed by atoms with Gasteiger partial charge in [-0.2, -0.15) is 0 Å². The Bertz CT molecular complexity index is 453. The molecule has 0 amide bonds. The Morgan fingerprint density at radius 3 is 3.00 bits per heavy atom. The number of benzene rings is 1. The maximum Gasteiger partial charge on any atom is 0.292 e. The largest absolute Gasteiger partial charge is 0.364 e. The molecule has 0 aromatic heterocycles. The van der Waals surface area contributed by atoms with Crippen LogP contribution in [0.1, 0.15) is 12.8 Å². The van der Waals surface area contributed by atoms with Crippen LogP contribution in [-0.4, -0.2) is 31.1 Å². The highest BCUT2D eigenvalue weighted by Crippen LogP contribution is 2.30. The standard InChI is InChI=1S/C12H16FN3O2/c1-14-10-3-2-6-15(8-10)12-7-9(13)4-5-11(12)16(17)18/h4-5,7,10,14H,2-3,6,8H2,1H3. The Labute approximate surface area is 105 Å². The van der Waals surface area contributed by atoms with Crippen molar-refractivity contribution in [3.05, 3.63) is 34.1 Å². The number of piperidine rings is 1. The molecule has 1 atom stereocenters. The highest BCUT2D eigenvalue weighted by molar-refractivity contribution is 5.63. The summed E-state index contributed by atoms with van der Waals surface area (Å²) in [4.78, 5) is 12.4. The number of hydrogen-bond donors (Lipinski definition) is 1. The number of halogens is 1. The van der Waals surface area contributed by atoms with E-state index < -0.39 is 10.7 Å². The number of nitrogens with zero attached hydrogens (tertiary/aromatic N) is 2. The van der Waals surface area contributed by atoms with Crippen molar-refractivity contribution < 1.29 is 9.31 Å². The van der Waals surface area contributed by atoms with Gasteiger partial charge in [-0.15, -0.1) is 0 Å². The summed E-state index contributed by atoms with van der Waals surface area (Å²) in [5, 5.41) is 14.1. The molecule has 1 fully saturated rings. The Balaban J connectivity index is 2.31. The van der Waals surface area contributed by atoms with E-state index >= 15 is 0 Å². The smallest absolute Gasteiger partial charge is 0.292 e. The first-order chi connectivity index (χ1) is 8.61. The lowest BCUT2D eigenvalue weighted by atomic mass is 10.0. The summed E-state index contributed by atoms with van der Waals surface area (Å²) in [7, 11) is 1.87. The molecule has 0 radical (unpaired) electrons. The number of nitrogens with one attached hydrogen (secondary N) is 1. The van der Waals surface area contributed by atoms with Gasteiger partial charge in [0.25, 0.3) is 5.69 Å². The van der Waals surface area contributed by atoms with Gasteiger partial charge in [0.1, 0.15) is 11.5 Å². The molecule has 1 aliphatic rings. The molecule has 1 heterocycles. The van der Waals surface area contributed by atoms with Gasteiger partial charge < -0.3 is 10.2 Å². The van der Waals surface area contributed by atoms with Gasteiger partial charge >= 0.3 is 0 Å². The molecule has 0 spiro atoms. The highest BCUT2D eigenvalue weighted by atomic mass is 19.1. The lowest BCUT2D eigenvalue weighted by Gasteiger charge is -2.33. The van der Waals surface area contributed by atoms with Crippen LogP contribution in [0.25, 0.3) is 0 Å². The fourth-order valence-corrected chi connectivity index (χ4v) is 2.34. The summed E-state index contributed by atoms with van der Waals surface area (Å²) < 4.78 is 13.3. The summed E-state index contributed by atoms with van der Waals surface area (Å²) in [6.45, 7) is 1.39. The second kappa shape index (κ2) is 5.30. The quantitative estimate of drug-likeness (QED) is 0.660. The molecule has 1 aliphatic heterocycles. The van der Waals surface area contributed by atoms with Crippen LogP contribution in [0.3, 0.4) is 0 Å². The van der Waals surface area contributed by atoms with Crippen molar-refractivity contribution in [1.82, 2.24) is 5.32 Å². The fourth-order valence-electron chi connectivity index (χ4n) is 2.34. The van der Waals surface area contributed by atoms with E-state index in [1.807, 2.05) is 11.9 Å². The van der Waals surface area contributed by atoms with E-state index in [0.29, 0.717) is 18.3 Å². The van der Waals surface area contributed by atoms with E-state index in [9.17, 15) is 14.5 Å². The molecule has 2 rings (SSSR count). The van der Waals surface area contributed by atoms with Crippen LogP contribution in [-0.2, 0) is 0 Å². The third-order valence-corrected chi connectivity index (χ3v) is 3.30. The van der Waals surface area contributed by atoms with Gasteiger partial charge in [0.2, 0.25) is 0 Å². The average molecular weight is 253 g/mol. The van der Waals surface area contributed by atoms with Crippen LogP contribution >= 0.6 is 0 Å². The monoisotopic (exact) mass is 253 g/mol. The topological polar surface area (TPSA) is 58.4 Å². The molecule has 0 bridgehead atoms. The minimum atomic E-state index is -0.461. The zero-order valence-electron chi connectivity index (χ0n) is 10.2. The van der Waals surface area contributed by atoms with Crippen LogP contribution in [0.5, 0.6) is 0 Å². The predicted octanol–water partition coefficient (Wildman–Crippen LogP) is 1.92. The summed E-state index contributed by atoms with van der Waals surface area (Å²) >= 11 is 0. The van der Waals surface area contributed by atoms with Crippen molar-refractivity contribution in [2.45, 2.75) is 18.9 Å². The number of anilines is 1. The van der Waals surface area contributed by atoms with Crippen LogP contribution in [0.15, 0.2) is 18.2 Å². The number of nitro benzene ring substituents is 1. The lowest BCUT2D eigenvalue weighted by molar-refractivity contribution is -0.384. The maximum atomic E-state index is 13.3. The van der Waals surface area contributed by atoms with Crippen molar-refractivity contribution in [3.8, 4) is 0 Å². The molecule has 98 valence electrons. The minimum Gasteiger partial charge on any atom is -0.364 e. The SMILES string of the molecule is CNC1CCCN(c2cc(F)ccc2[N+](=O)[O-])C1. The minimum absolute atomic E-state index is 0.0341. The zero-order chi connectivity index (χ0) is 13.1. The summed E-state index contributed by atoms with van der Waals surface area (Å²) in [6, 6.07) is 3.90. The van der Waals surface area contributed by atoms with E-state index in [1.165, 1.54) is 12.1 Å². The zero-order valence-corrected chi connectivity index (χ0v) is 10.2. The summed E-state index contributed by atoms with van der Waals surface area (Å²) in [6.07, 6.45) is 1.98. The maximum absolute atomic E-state index is 13.3. The van der Waals surface area contributed by atoms with E-state index in [2.05, 4.69) is 5.32 Å². The van der Waals surface area contributed by atoms with Crippen LogP contribution in [0, 0.1) is 15.9 Å². The van der Waals surface area contributed by atoms with E-state index in [0.717, 1.165) is 25.5 Å². The highest BCUT2D eigenvalue weighted by Gasteiger charge is 2.25. The first-order valence-corrected chi connectivity index (χ1v) is 5.98. The van der Waals surface area contributed by atoms with Gasteiger partial charge in [-0.1, -0.05) is 0 Å².